The molecule has 2 N–H and O–H groups in total. The van der Waals surface area contributed by atoms with E-state index in [0.29, 0.717) is 6.42 Å². The van der Waals surface area contributed by atoms with Gasteiger partial charge < -0.3 is 4.74 Å². The van der Waals surface area contributed by atoms with E-state index in [1.165, 1.54) is 0 Å². The van der Waals surface area contributed by atoms with Gasteiger partial charge in [-0.15, -0.1) is 0 Å². The number of ether oxygens (including phenoxy) is 1. The largest absolute Gasteiger partial charge is 0.459 e. The molecule has 0 radical (unpaired) electrons. The first kappa shape index (κ1) is 14.2. The van der Waals surface area contributed by atoms with Crippen molar-refractivity contribution >= 4 is 5.97 Å². The van der Waals surface area contributed by atoms with Gasteiger partial charge in [-0.1, -0.05) is 60.7 Å². The second-order valence-corrected chi connectivity index (χ2v) is 4.41. The average molecular weight is 271 g/mol. The summed E-state index contributed by atoms with van der Waals surface area (Å²) in [5.74, 6) is 4.73. The highest BCUT2D eigenvalue weighted by Gasteiger charge is 2.20. The van der Waals surface area contributed by atoms with Crippen molar-refractivity contribution in [1.82, 2.24) is 0 Å². The summed E-state index contributed by atoms with van der Waals surface area (Å²) in [6.07, 6.45) is -0.397. The van der Waals surface area contributed by atoms with Crippen LogP contribution in [0.5, 0.6) is 0 Å². The third-order valence-electron chi connectivity index (χ3n) is 2.91. The number of nitrogens with two attached hydrogens (primary N) is 1. The molecule has 0 aromatic heterocycles. The Hall–Kier alpha value is -2.17. The van der Waals surface area contributed by atoms with Crippen LogP contribution in [0.3, 0.4) is 0 Å². The van der Waals surface area contributed by atoms with Crippen LogP contribution in [0.4, 0.5) is 0 Å². The van der Waals surface area contributed by atoms with Crippen molar-refractivity contribution in [3.63, 3.8) is 0 Å². The lowest BCUT2D eigenvalue weighted by Crippen LogP contribution is -2.31. The van der Waals surface area contributed by atoms with Gasteiger partial charge in [0.15, 0.2) is 6.10 Å². The number of carbonyl (C=O) groups is 1. The van der Waals surface area contributed by atoms with Crippen LogP contribution in [0.1, 0.15) is 11.1 Å². The zero-order valence-corrected chi connectivity index (χ0v) is 11.1. The molecule has 2 aromatic rings. The van der Waals surface area contributed by atoms with Crippen molar-refractivity contribution in [1.29, 1.82) is 0 Å². The highest BCUT2D eigenvalue weighted by atomic mass is 16.6. The SMILES string of the molecule is NO[C@H](Cc1ccccc1)C(=O)OCc1ccccc1. The van der Waals surface area contributed by atoms with Gasteiger partial charge in [-0.2, -0.15) is 0 Å². The monoisotopic (exact) mass is 271 g/mol. The molecule has 4 heteroatoms. The summed E-state index contributed by atoms with van der Waals surface area (Å²) in [7, 11) is 0. The zero-order valence-electron chi connectivity index (χ0n) is 11.1. The molecule has 0 saturated carbocycles. The molecule has 0 fully saturated rings. The summed E-state index contributed by atoms with van der Waals surface area (Å²) in [6.45, 7) is 0.217. The second-order valence-electron chi connectivity index (χ2n) is 4.41. The molecule has 0 spiro atoms. The van der Waals surface area contributed by atoms with Crippen LogP contribution in [-0.2, 0) is 27.4 Å². The first-order valence-electron chi connectivity index (χ1n) is 6.39. The van der Waals surface area contributed by atoms with Crippen molar-refractivity contribution in [3.8, 4) is 0 Å². The average Bonchev–Trinajstić information content (AvgIpc) is 2.52. The van der Waals surface area contributed by atoms with E-state index in [2.05, 4.69) is 0 Å². The molecule has 0 aliphatic rings. The van der Waals surface area contributed by atoms with E-state index >= 15 is 0 Å². The summed E-state index contributed by atoms with van der Waals surface area (Å²) < 4.78 is 5.21. The smallest absolute Gasteiger partial charge is 0.338 e. The summed E-state index contributed by atoms with van der Waals surface area (Å²) in [5.41, 5.74) is 1.90. The van der Waals surface area contributed by atoms with Gasteiger partial charge >= 0.3 is 5.97 Å². The first-order valence-corrected chi connectivity index (χ1v) is 6.39. The Morgan fingerprint density at radius 2 is 1.50 bits per heavy atom. The maximum Gasteiger partial charge on any atom is 0.338 e. The van der Waals surface area contributed by atoms with Crippen LogP contribution in [0, 0.1) is 0 Å². The summed E-state index contributed by atoms with van der Waals surface area (Å²) in [4.78, 5) is 16.7. The molecule has 104 valence electrons. The Kier molecular flexibility index (Phi) is 5.29. The number of hydrogen-bond donors (Lipinski definition) is 1. The lowest BCUT2D eigenvalue weighted by atomic mass is 10.1. The summed E-state index contributed by atoms with van der Waals surface area (Å²) in [5, 5.41) is 0. The molecule has 4 nitrogen and oxygen atoms in total. The third-order valence-corrected chi connectivity index (χ3v) is 2.91. The molecular formula is C16H17NO3. The van der Waals surface area contributed by atoms with Gasteiger partial charge in [-0.05, 0) is 11.1 Å². The highest BCUT2D eigenvalue weighted by molar-refractivity contribution is 5.75. The molecule has 20 heavy (non-hydrogen) atoms. The van der Waals surface area contributed by atoms with Crippen molar-refractivity contribution < 1.29 is 14.4 Å². The minimum Gasteiger partial charge on any atom is -0.459 e. The Morgan fingerprint density at radius 1 is 0.950 bits per heavy atom. The number of esters is 1. The number of carbonyl (C=O) groups excluding carboxylic acids is 1. The molecule has 0 aliphatic carbocycles. The first-order chi connectivity index (χ1) is 9.79. The molecular weight excluding hydrogens is 254 g/mol. The molecule has 0 aliphatic heterocycles. The minimum atomic E-state index is -0.791. The van der Waals surface area contributed by atoms with Crippen LogP contribution < -0.4 is 5.90 Å². The van der Waals surface area contributed by atoms with Crippen molar-refractivity contribution in [2.45, 2.75) is 19.1 Å². The Morgan fingerprint density at radius 3 is 2.05 bits per heavy atom. The third kappa shape index (κ3) is 4.19. The predicted molar refractivity (Wildman–Crippen MR) is 75.4 cm³/mol. The molecule has 2 aromatic carbocycles. The number of hydrogen-bond acceptors (Lipinski definition) is 4. The van der Waals surface area contributed by atoms with Crippen LogP contribution in [0.2, 0.25) is 0 Å². The highest BCUT2D eigenvalue weighted by Crippen LogP contribution is 2.08. The normalized spacial score (nSPS) is 11.8. The zero-order chi connectivity index (χ0) is 14.2. The molecule has 1 atom stereocenters. The molecule has 0 heterocycles. The van der Waals surface area contributed by atoms with Gasteiger partial charge in [0, 0.05) is 6.42 Å². The minimum absolute atomic E-state index is 0.217. The molecule has 0 saturated heterocycles. The number of benzene rings is 2. The Balaban J connectivity index is 1.89. The van der Waals surface area contributed by atoms with Gasteiger partial charge in [-0.3, -0.25) is 4.84 Å². The second kappa shape index (κ2) is 7.43. The predicted octanol–water partition coefficient (Wildman–Crippen LogP) is 2.23. The molecule has 0 bridgehead atoms. The van der Waals surface area contributed by atoms with E-state index in [1.54, 1.807) is 0 Å². The van der Waals surface area contributed by atoms with E-state index in [0.717, 1.165) is 11.1 Å². The van der Waals surface area contributed by atoms with Crippen molar-refractivity contribution in [2.24, 2.45) is 5.90 Å². The Labute approximate surface area is 118 Å². The lowest BCUT2D eigenvalue weighted by Gasteiger charge is -2.14. The van der Waals surface area contributed by atoms with Crippen molar-refractivity contribution in [2.75, 3.05) is 0 Å². The van der Waals surface area contributed by atoms with Gasteiger partial charge in [-0.25, -0.2) is 10.7 Å². The maximum absolute atomic E-state index is 11.9. The van der Waals surface area contributed by atoms with Crippen LogP contribution in [-0.4, -0.2) is 12.1 Å². The van der Waals surface area contributed by atoms with Crippen LogP contribution in [0.15, 0.2) is 60.7 Å². The van der Waals surface area contributed by atoms with E-state index < -0.39 is 12.1 Å². The molecule has 0 unspecified atom stereocenters. The lowest BCUT2D eigenvalue weighted by molar-refractivity contribution is -0.158. The van der Waals surface area contributed by atoms with Gasteiger partial charge in [0.1, 0.15) is 6.61 Å². The van der Waals surface area contributed by atoms with Crippen LogP contribution >= 0.6 is 0 Å². The fourth-order valence-electron chi connectivity index (χ4n) is 1.84. The van der Waals surface area contributed by atoms with E-state index in [9.17, 15) is 4.79 Å². The molecule has 0 amide bonds. The fourth-order valence-corrected chi connectivity index (χ4v) is 1.84. The van der Waals surface area contributed by atoms with Gasteiger partial charge in [0.25, 0.3) is 0 Å². The van der Waals surface area contributed by atoms with Gasteiger partial charge in [0.2, 0.25) is 0 Å². The van der Waals surface area contributed by atoms with E-state index in [1.807, 2.05) is 60.7 Å². The maximum atomic E-state index is 11.9. The Bertz CT molecular complexity index is 528. The van der Waals surface area contributed by atoms with Crippen LogP contribution in [0.25, 0.3) is 0 Å². The van der Waals surface area contributed by atoms with E-state index in [-0.39, 0.29) is 6.61 Å². The molecule has 2 rings (SSSR count). The summed E-state index contributed by atoms with van der Waals surface area (Å²) >= 11 is 0. The van der Waals surface area contributed by atoms with Crippen molar-refractivity contribution in [3.05, 3.63) is 71.8 Å². The standard InChI is InChI=1S/C16H17NO3/c17-20-15(11-13-7-3-1-4-8-13)16(18)19-12-14-9-5-2-6-10-14/h1-10,15H,11-12,17H2/t15-/m1/s1. The summed E-state index contributed by atoms with van der Waals surface area (Å²) in [6, 6.07) is 19.0. The topological polar surface area (TPSA) is 61.5 Å². The quantitative estimate of drug-likeness (QED) is 0.646. The van der Waals surface area contributed by atoms with E-state index in [4.69, 9.17) is 15.5 Å². The fraction of sp³-hybridized carbons (Fsp3) is 0.188. The van der Waals surface area contributed by atoms with Gasteiger partial charge in [0.05, 0.1) is 0 Å². The number of rotatable bonds is 6.